The van der Waals surface area contributed by atoms with Crippen molar-refractivity contribution >= 4 is 22.8 Å². The molecule has 0 bridgehead atoms. The lowest BCUT2D eigenvalue weighted by atomic mass is 10.1. The van der Waals surface area contributed by atoms with Gasteiger partial charge in [0, 0.05) is 23.4 Å². The second-order valence-electron chi connectivity index (χ2n) is 7.49. The van der Waals surface area contributed by atoms with Crippen LogP contribution in [0.2, 0.25) is 0 Å². The topological polar surface area (TPSA) is 89.3 Å². The van der Waals surface area contributed by atoms with Crippen molar-refractivity contribution in [3.63, 3.8) is 0 Å². The molecule has 3 atom stereocenters. The zero-order valence-electron chi connectivity index (χ0n) is 13.8. The minimum absolute atomic E-state index is 0.0606. The molecule has 1 aliphatic heterocycles. The number of carbonyl (C=O) groups is 1. The molecule has 24 heavy (non-hydrogen) atoms. The maximum atomic E-state index is 12.9. The fraction of sp³-hybridized carbons (Fsp3) is 0.588. The highest BCUT2D eigenvalue weighted by Crippen LogP contribution is 2.45. The van der Waals surface area contributed by atoms with E-state index in [4.69, 9.17) is 9.15 Å². The van der Waals surface area contributed by atoms with E-state index in [0.717, 1.165) is 26.1 Å². The Kier molecular flexibility index (Phi) is 2.78. The molecule has 0 spiro atoms. The molecule has 1 saturated heterocycles. The molecule has 2 aromatic heterocycles. The lowest BCUT2D eigenvalue weighted by Gasteiger charge is -2.13. The molecule has 7 heteroatoms. The third-order valence-corrected chi connectivity index (χ3v) is 5.56. The van der Waals surface area contributed by atoms with Crippen LogP contribution >= 0.6 is 0 Å². The Hall–Kier alpha value is -2.15. The number of fused-ring (bicyclic) bond motifs is 2. The first kappa shape index (κ1) is 14.2. The number of aromatic nitrogens is 2. The zero-order valence-corrected chi connectivity index (χ0v) is 13.8. The average molecular weight is 328 g/mol. The summed E-state index contributed by atoms with van der Waals surface area (Å²) in [6, 6.07) is 0.220. The molecular weight excluding hydrogens is 308 g/mol. The molecule has 3 aliphatic rings. The van der Waals surface area contributed by atoms with Crippen LogP contribution in [0.15, 0.2) is 10.7 Å². The molecule has 3 heterocycles. The molecule has 0 radical (unpaired) electrons. The Balaban J connectivity index is 1.49. The van der Waals surface area contributed by atoms with Crippen molar-refractivity contribution in [1.29, 1.82) is 0 Å². The predicted octanol–water partition coefficient (Wildman–Crippen LogP) is 1.87. The van der Waals surface area contributed by atoms with Crippen molar-refractivity contribution in [1.82, 2.24) is 15.3 Å². The van der Waals surface area contributed by atoms with Crippen molar-refractivity contribution in [3.05, 3.63) is 17.7 Å². The van der Waals surface area contributed by atoms with Crippen molar-refractivity contribution in [2.75, 3.05) is 18.5 Å². The molecule has 3 fully saturated rings. The summed E-state index contributed by atoms with van der Waals surface area (Å²) in [5, 5.41) is 7.26. The van der Waals surface area contributed by atoms with E-state index in [0.29, 0.717) is 40.1 Å². The highest BCUT2D eigenvalue weighted by atomic mass is 16.5. The van der Waals surface area contributed by atoms with Gasteiger partial charge in [-0.3, -0.25) is 4.79 Å². The van der Waals surface area contributed by atoms with Gasteiger partial charge < -0.3 is 19.8 Å². The van der Waals surface area contributed by atoms with Gasteiger partial charge in [-0.15, -0.1) is 0 Å². The fourth-order valence-corrected chi connectivity index (χ4v) is 3.69. The SMILES string of the molecule is Cc1oc2ncnc(NC3(C)CC3)c2c1C(=O)N[C@H]1[C@@H]2COC[C@@H]21. The Morgan fingerprint density at radius 3 is 2.75 bits per heavy atom. The van der Waals surface area contributed by atoms with Crippen LogP contribution in [0.3, 0.4) is 0 Å². The molecule has 0 unspecified atom stereocenters. The van der Waals surface area contributed by atoms with Gasteiger partial charge in [0.15, 0.2) is 0 Å². The van der Waals surface area contributed by atoms with Gasteiger partial charge in [0.2, 0.25) is 5.71 Å². The summed E-state index contributed by atoms with van der Waals surface area (Å²) in [7, 11) is 0. The summed E-state index contributed by atoms with van der Waals surface area (Å²) in [5.74, 6) is 2.08. The van der Waals surface area contributed by atoms with Crippen LogP contribution in [-0.4, -0.2) is 40.7 Å². The van der Waals surface area contributed by atoms with E-state index >= 15 is 0 Å². The first-order chi connectivity index (χ1) is 11.6. The zero-order chi connectivity index (χ0) is 16.5. The molecule has 126 valence electrons. The lowest BCUT2D eigenvalue weighted by molar-refractivity contribution is 0.0929. The number of aryl methyl sites for hydroxylation is 1. The predicted molar refractivity (Wildman–Crippen MR) is 86.9 cm³/mol. The van der Waals surface area contributed by atoms with Gasteiger partial charge in [-0.05, 0) is 26.7 Å². The van der Waals surface area contributed by atoms with Gasteiger partial charge in [-0.25, -0.2) is 9.97 Å². The standard InChI is InChI=1S/C17H20N4O3/c1-8-11(15(22)20-13-9-5-23-6-10(9)13)12-14(21-17(2)3-4-17)18-7-19-16(12)24-8/h7,9-10,13H,3-6H2,1-2H3,(H,20,22)(H,18,19,21)/t9-,10+,13+. The summed E-state index contributed by atoms with van der Waals surface area (Å²) in [5.41, 5.74) is 1.06. The molecule has 2 N–H and O–H groups in total. The van der Waals surface area contributed by atoms with E-state index in [2.05, 4.69) is 27.5 Å². The van der Waals surface area contributed by atoms with E-state index in [1.54, 1.807) is 6.92 Å². The number of ether oxygens (including phenoxy) is 1. The van der Waals surface area contributed by atoms with Crippen molar-refractivity contribution in [2.24, 2.45) is 11.8 Å². The maximum Gasteiger partial charge on any atom is 0.255 e. The number of rotatable bonds is 4. The van der Waals surface area contributed by atoms with Crippen LogP contribution in [-0.2, 0) is 4.74 Å². The number of hydrogen-bond acceptors (Lipinski definition) is 6. The molecular formula is C17H20N4O3. The van der Waals surface area contributed by atoms with Crippen molar-refractivity contribution < 1.29 is 13.9 Å². The van der Waals surface area contributed by atoms with Crippen LogP contribution in [0.1, 0.15) is 35.9 Å². The number of furan rings is 1. The van der Waals surface area contributed by atoms with Crippen LogP contribution in [0.5, 0.6) is 0 Å². The van der Waals surface area contributed by atoms with Crippen LogP contribution in [0.4, 0.5) is 5.82 Å². The number of nitrogens with zero attached hydrogens (tertiary/aromatic N) is 2. The minimum atomic E-state index is -0.107. The Morgan fingerprint density at radius 1 is 1.29 bits per heavy atom. The van der Waals surface area contributed by atoms with Crippen LogP contribution < -0.4 is 10.6 Å². The summed E-state index contributed by atoms with van der Waals surface area (Å²) >= 11 is 0. The lowest BCUT2D eigenvalue weighted by Crippen LogP contribution is -2.30. The summed E-state index contributed by atoms with van der Waals surface area (Å²) in [6.45, 7) is 5.44. The van der Waals surface area contributed by atoms with Crippen LogP contribution in [0, 0.1) is 18.8 Å². The van der Waals surface area contributed by atoms with Crippen molar-refractivity contribution in [3.8, 4) is 0 Å². The fourth-order valence-electron chi connectivity index (χ4n) is 3.69. The summed E-state index contributed by atoms with van der Waals surface area (Å²) in [4.78, 5) is 21.4. The smallest absolute Gasteiger partial charge is 0.255 e. The van der Waals surface area contributed by atoms with E-state index in [1.165, 1.54) is 6.33 Å². The first-order valence-corrected chi connectivity index (χ1v) is 8.47. The number of hydrogen-bond donors (Lipinski definition) is 2. The molecule has 2 saturated carbocycles. The molecule has 7 nitrogen and oxygen atoms in total. The summed E-state index contributed by atoms with van der Waals surface area (Å²) < 4.78 is 11.1. The van der Waals surface area contributed by atoms with Gasteiger partial charge in [-0.1, -0.05) is 0 Å². The molecule has 5 rings (SSSR count). The van der Waals surface area contributed by atoms with E-state index in [1.807, 2.05) is 0 Å². The molecule has 2 aromatic rings. The number of anilines is 1. The number of amides is 1. The Morgan fingerprint density at radius 2 is 2.04 bits per heavy atom. The number of carbonyl (C=O) groups excluding carboxylic acids is 1. The molecule has 0 aromatic carbocycles. The van der Waals surface area contributed by atoms with Crippen molar-refractivity contribution in [2.45, 2.75) is 38.3 Å². The minimum Gasteiger partial charge on any atom is -0.442 e. The van der Waals surface area contributed by atoms with Gasteiger partial charge in [0.1, 0.15) is 17.9 Å². The van der Waals surface area contributed by atoms with E-state index in [-0.39, 0.29) is 17.5 Å². The normalized spacial score (nSPS) is 29.3. The number of nitrogens with one attached hydrogen (secondary N) is 2. The average Bonchev–Trinajstić information content (AvgIpc) is 3.27. The third kappa shape index (κ3) is 2.11. The molecule has 1 amide bonds. The largest absolute Gasteiger partial charge is 0.442 e. The Bertz CT molecular complexity index is 832. The van der Waals surface area contributed by atoms with Gasteiger partial charge in [0.25, 0.3) is 5.91 Å². The first-order valence-electron chi connectivity index (χ1n) is 8.47. The van der Waals surface area contributed by atoms with Gasteiger partial charge >= 0.3 is 0 Å². The van der Waals surface area contributed by atoms with Crippen LogP contribution in [0.25, 0.3) is 11.1 Å². The second kappa shape index (κ2) is 4.69. The highest BCUT2D eigenvalue weighted by Gasteiger charge is 2.55. The maximum absolute atomic E-state index is 12.9. The van der Waals surface area contributed by atoms with Gasteiger partial charge in [-0.2, -0.15) is 0 Å². The second-order valence-corrected chi connectivity index (χ2v) is 7.49. The quantitative estimate of drug-likeness (QED) is 0.890. The van der Waals surface area contributed by atoms with E-state index in [9.17, 15) is 4.79 Å². The monoisotopic (exact) mass is 328 g/mol. The third-order valence-electron chi connectivity index (χ3n) is 5.56. The summed E-state index contributed by atoms with van der Waals surface area (Å²) in [6.07, 6.45) is 3.67. The van der Waals surface area contributed by atoms with E-state index < -0.39 is 0 Å². The Labute approximate surface area is 139 Å². The van der Waals surface area contributed by atoms with Gasteiger partial charge in [0.05, 0.1) is 24.2 Å². The highest BCUT2D eigenvalue weighted by molar-refractivity contribution is 6.10. The molecule has 2 aliphatic carbocycles.